The van der Waals surface area contributed by atoms with Crippen LogP contribution in [0.15, 0.2) is 21.2 Å². The molecule has 0 radical (unpaired) electrons. The van der Waals surface area contributed by atoms with E-state index in [9.17, 15) is 4.79 Å². The Morgan fingerprint density at radius 3 is 3.12 bits per heavy atom. The first-order valence-electron chi connectivity index (χ1n) is 5.81. The molecule has 1 saturated heterocycles. The fourth-order valence-electron chi connectivity index (χ4n) is 2.26. The van der Waals surface area contributed by atoms with Gasteiger partial charge in [-0.2, -0.15) is 0 Å². The van der Waals surface area contributed by atoms with Gasteiger partial charge in [-0.25, -0.2) is 0 Å². The summed E-state index contributed by atoms with van der Waals surface area (Å²) in [5.41, 5.74) is 0. The van der Waals surface area contributed by atoms with Crippen LogP contribution in [0.3, 0.4) is 0 Å². The molecule has 1 N–H and O–H groups in total. The monoisotopic (exact) mass is 301 g/mol. The van der Waals surface area contributed by atoms with Crippen LogP contribution >= 0.6 is 15.9 Å². The van der Waals surface area contributed by atoms with Gasteiger partial charge in [-0.1, -0.05) is 0 Å². The van der Waals surface area contributed by atoms with E-state index in [4.69, 9.17) is 9.52 Å². The van der Waals surface area contributed by atoms with Crippen molar-refractivity contribution in [1.29, 1.82) is 0 Å². The molecular weight excluding hydrogens is 286 g/mol. The first-order valence-corrected chi connectivity index (χ1v) is 6.60. The molecule has 0 aliphatic carbocycles. The minimum atomic E-state index is -0.697. The molecule has 1 aliphatic rings. The van der Waals surface area contributed by atoms with Gasteiger partial charge in [-0.15, -0.1) is 0 Å². The number of aliphatic carboxylic acids is 1. The maximum Gasteiger partial charge on any atom is 0.303 e. The predicted molar refractivity (Wildman–Crippen MR) is 66.7 cm³/mol. The van der Waals surface area contributed by atoms with E-state index in [1.54, 1.807) is 6.26 Å². The van der Waals surface area contributed by atoms with E-state index >= 15 is 0 Å². The summed E-state index contributed by atoms with van der Waals surface area (Å²) in [6.45, 7) is 2.80. The van der Waals surface area contributed by atoms with E-state index in [0.29, 0.717) is 5.92 Å². The second-order valence-corrected chi connectivity index (χ2v) is 5.37. The summed E-state index contributed by atoms with van der Waals surface area (Å²) in [5, 5.41) is 8.65. The van der Waals surface area contributed by atoms with Crippen LogP contribution in [0.2, 0.25) is 0 Å². The first kappa shape index (κ1) is 12.6. The van der Waals surface area contributed by atoms with Crippen molar-refractivity contribution >= 4 is 21.9 Å². The van der Waals surface area contributed by atoms with Crippen molar-refractivity contribution in [3.05, 3.63) is 22.6 Å². The van der Waals surface area contributed by atoms with Crippen LogP contribution in [-0.2, 0) is 11.3 Å². The molecule has 1 fully saturated rings. The highest BCUT2D eigenvalue weighted by molar-refractivity contribution is 9.10. The fraction of sp³-hybridized carbons (Fsp3) is 0.583. The Morgan fingerprint density at radius 2 is 2.47 bits per heavy atom. The minimum absolute atomic E-state index is 0.281. The molecule has 1 aliphatic heterocycles. The van der Waals surface area contributed by atoms with E-state index < -0.39 is 5.97 Å². The van der Waals surface area contributed by atoms with E-state index in [-0.39, 0.29) is 6.42 Å². The topological polar surface area (TPSA) is 53.7 Å². The van der Waals surface area contributed by atoms with Crippen molar-refractivity contribution in [2.24, 2.45) is 5.92 Å². The number of hydrogen-bond donors (Lipinski definition) is 1. The smallest absolute Gasteiger partial charge is 0.303 e. The maximum absolute atomic E-state index is 10.5. The van der Waals surface area contributed by atoms with E-state index in [2.05, 4.69) is 20.8 Å². The van der Waals surface area contributed by atoms with Gasteiger partial charge in [0.25, 0.3) is 0 Å². The maximum atomic E-state index is 10.5. The second kappa shape index (κ2) is 5.69. The van der Waals surface area contributed by atoms with Crippen LogP contribution in [-0.4, -0.2) is 29.1 Å². The highest BCUT2D eigenvalue weighted by Crippen LogP contribution is 2.25. The van der Waals surface area contributed by atoms with Gasteiger partial charge >= 0.3 is 5.97 Å². The van der Waals surface area contributed by atoms with Crippen LogP contribution in [0.5, 0.6) is 0 Å². The zero-order valence-corrected chi connectivity index (χ0v) is 11.1. The Bertz CT molecular complexity index is 391. The lowest BCUT2D eigenvalue weighted by atomic mass is 10.0. The summed E-state index contributed by atoms with van der Waals surface area (Å²) < 4.78 is 6.38. The van der Waals surface area contributed by atoms with Gasteiger partial charge in [0.1, 0.15) is 5.76 Å². The average Bonchev–Trinajstić information content (AvgIpc) is 2.87. The molecule has 0 bridgehead atoms. The lowest BCUT2D eigenvalue weighted by Crippen LogP contribution is -2.20. The summed E-state index contributed by atoms with van der Waals surface area (Å²) in [7, 11) is 0. The molecular formula is C12H16BrNO3. The SMILES string of the molecule is O=C(O)CCC1CCN(Cc2occc2Br)C1. The third-order valence-corrected chi connectivity index (χ3v) is 3.90. The largest absolute Gasteiger partial charge is 0.481 e. The number of halogens is 1. The number of carboxylic acid groups (broad SMARTS) is 1. The molecule has 17 heavy (non-hydrogen) atoms. The van der Waals surface area contributed by atoms with Gasteiger partial charge in [0, 0.05) is 13.0 Å². The highest BCUT2D eigenvalue weighted by atomic mass is 79.9. The number of likely N-dealkylation sites (tertiary alicyclic amines) is 1. The number of hydrogen-bond acceptors (Lipinski definition) is 3. The van der Waals surface area contributed by atoms with Gasteiger partial charge in [0.05, 0.1) is 17.3 Å². The molecule has 4 nitrogen and oxygen atoms in total. The average molecular weight is 302 g/mol. The Kier molecular flexibility index (Phi) is 4.23. The van der Waals surface area contributed by atoms with Crippen molar-refractivity contribution < 1.29 is 14.3 Å². The van der Waals surface area contributed by atoms with Gasteiger partial charge in [-0.3, -0.25) is 9.69 Å². The molecule has 1 unspecified atom stereocenters. The minimum Gasteiger partial charge on any atom is -0.481 e. The Labute approximate surface area is 109 Å². The van der Waals surface area contributed by atoms with Gasteiger partial charge in [0.2, 0.25) is 0 Å². The first-order chi connectivity index (χ1) is 8.15. The molecule has 0 aromatic carbocycles. The van der Waals surface area contributed by atoms with Crippen molar-refractivity contribution in [2.45, 2.75) is 25.8 Å². The van der Waals surface area contributed by atoms with Crippen LogP contribution in [0, 0.1) is 5.92 Å². The van der Waals surface area contributed by atoms with Crippen molar-refractivity contribution in [3.63, 3.8) is 0 Å². The normalized spacial score (nSPS) is 20.9. The van der Waals surface area contributed by atoms with Crippen LogP contribution in [0.4, 0.5) is 0 Å². The molecule has 0 saturated carbocycles. The van der Waals surface area contributed by atoms with E-state index in [1.807, 2.05) is 6.07 Å². The zero-order chi connectivity index (χ0) is 12.3. The van der Waals surface area contributed by atoms with Crippen LogP contribution in [0.1, 0.15) is 25.0 Å². The molecule has 1 aromatic rings. The fourth-order valence-corrected chi connectivity index (χ4v) is 2.59. The zero-order valence-electron chi connectivity index (χ0n) is 9.56. The summed E-state index contributed by atoms with van der Waals surface area (Å²) >= 11 is 3.44. The molecule has 94 valence electrons. The van der Waals surface area contributed by atoms with E-state index in [0.717, 1.165) is 42.7 Å². The van der Waals surface area contributed by atoms with E-state index in [1.165, 1.54) is 0 Å². The number of carbonyl (C=O) groups is 1. The predicted octanol–water partition coefficient (Wildman–Crippen LogP) is 2.73. The molecule has 2 rings (SSSR count). The van der Waals surface area contributed by atoms with Crippen LogP contribution in [0.25, 0.3) is 0 Å². The number of rotatable bonds is 5. The second-order valence-electron chi connectivity index (χ2n) is 4.51. The summed E-state index contributed by atoms with van der Waals surface area (Å²) in [6.07, 6.45) is 3.83. The lowest BCUT2D eigenvalue weighted by molar-refractivity contribution is -0.137. The lowest BCUT2D eigenvalue weighted by Gasteiger charge is -2.14. The summed E-state index contributed by atoms with van der Waals surface area (Å²) in [6, 6.07) is 1.90. The quantitative estimate of drug-likeness (QED) is 0.908. The van der Waals surface area contributed by atoms with Gasteiger partial charge in [-0.05, 0) is 47.3 Å². The third-order valence-electron chi connectivity index (χ3n) is 3.19. The molecule has 2 heterocycles. The Morgan fingerprint density at radius 1 is 1.65 bits per heavy atom. The Hall–Kier alpha value is -0.810. The van der Waals surface area contributed by atoms with Crippen molar-refractivity contribution in [1.82, 2.24) is 4.90 Å². The van der Waals surface area contributed by atoms with Crippen molar-refractivity contribution in [2.75, 3.05) is 13.1 Å². The highest BCUT2D eigenvalue weighted by Gasteiger charge is 2.24. The van der Waals surface area contributed by atoms with Crippen molar-refractivity contribution in [3.8, 4) is 0 Å². The molecule has 5 heteroatoms. The number of furan rings is 1. The van der Waals surface area contributed by atoms with Crippen LogP contribution < -0.4 is 0 Å². The van der Waals surface area contributed by atoms with Gasteiger partial charge < -0.3 is 9.52 Å². The molecule has 0 amide bonds. The standard InChI is InChI=1S/C12H16BrNO3/c13-10-4-6-17-11(10)8-14-5-3-9(7-14)1-2-12(15)16/h4,6,9H,1-3,5,7-8H2,(H,15,16). The number of carboxylic acids is 1. The summed E-state index contributed by atoms with van der Waals surface area (Å²) in [5.74, 6) is 0.765. The van der Waals surface area contributed by atoms with Gasteiger partial charge in [0.15, 0.2) is 0 Å². The molecule has 1 aromatic heterocycles. The number of nitrogens with zero attached hydrogens (tertiary/aromatic N) is 1. The third kappa shape index (κ3) is 3.57. The Balaban J connectivity index is 1.78. The molecule has 1 atom stereocenters. The summed E-state index contributed by atoms with van der Waals surface area (Å²) in [4.78, 5) is 12.8. The molecule has 0 spiro atoms.